The highest BCUT2D eigenvalue weighted by Gasteiger charge is 2.44. The van der Waals surface area contributed by atoms with Crippen molar-refractivity contribution in [3.8, 4) is 0 Å². The first kappa shape index (κ1) is 18.6. The summed E-state index contributed by atoms with van der Waals surface area (Å²) in [4.78, 5) is 12.6. The zero-order valence-electron chi connectivity index (χ0n) is 13.2. The number of hydroxylamine groups is 3. The molecule has 3 nitrogen and oxygen atoms in total. The fourth-order valence-electron chi connectivity index (χ4n) is 3.14. The number of hydrogen-bond donors (Lipinski definition) is 0. The standard InChI is InChI=1S/C16H23Br2NO2S/c1-3-5-6-7-8-11(4-2)9-19(21)10-12-13(16(19)20)15(18)22-14(12)17/h11H,3-10H2,1-2H3. The third-order valence-electron chi connectivity index (χ3n) is 4.51. The summed E-state index contributed by atoms with van der Waals surface area (Å²) in [5, 5.41) is 13.1. The first-order valence-corrected chi connectivity index (χ1v) is 10.4. The second-order valence-electron chi connectivity index (χ2n) is 6.16. The van der Waals surface area contributed by atoms with E-state index in [0.29, 0.717) is 18.0 Å². The first-order chi connectivity index (χ1) is 10.4. The molecule has 1 aliphatic heterocycles. The molecule has 2 rings (SSSR count). The molecule has 1 aliphatic rings. The minimum Gasteiger partial charge on any atom is -0.625 e. The molecule has 1 aromatic heterocycles. The van der Waals surface area contributed by atoms with Gasteiger partial charge in [0.15, 0.2) is 0 Å². The number of halogens is 2. The first-order valence-electron chi connectivity index (χ1n) is 8.02. The Morgan fingerprint density at radius 1 is 1.23 bits per heavy atom. The quantitative estimate of drug-likeness (QED) is 0.266. The third-order valence-corrected chi connectivity index (χ3v) is 7.16. The van der Waals surface area contributed by atoms with Crippen LogP contribution in [0.3, 0.4) is 0 Å². The second-order valence-corrected chi connectivity index (χ2v) is 9.82. The molecule has 6 heteroatoms. The molecule has 2 unspecified atom stereocenters. The van der Waals surface area contributed by atoms with Crippen LogP contribution in [0.2, 0.25) is 0 Å². The zero-order chi connectivity index (χ0) is 16.3. The second kappa shape index (κ2) is 7.88. The van der Waals surface area contributed by atoms with Crippen molar-refractivity contribution in [2.75, 3.05) is 6.54 Å². The topological polar surface area (TPSA) is 40.1 Å². The number of fused-ring (bicyclic) bond motifs is 1. The van der Waals surface area contributed by atoms with E-state index in [9.17, 15) is 10.0 Å². The number of quaternary nitrogens is 1. The Bertz CT molecular complexity index is 546. The molecule has 0 spiro atoms. The van der Waals surface area contributed by atoms with Crippen LogP contribution < -0.4 is 0 Å². The Labute approximate surface area is 153 Å². The minimum absolute atomic E-state index is 0.268. The van der Waals surface area contributed by atoms with Gasteiger partial charge in [-0.1, -0.05) is 39.5 Å². The molecule has 0 aromatic carbocycles. The minimum atomic E-state index is -0.707. The Balaban J connectivity index is 2.02. The number of thiophene rings is 1. The number of rotatable bonds is 8. The van der Waals surface area contributed by atoms with E-state index in [1.165, 1.54) is 30.6 Å². The normalized spacial score (nSPS) is 22.1. The van der Waals surface area contributed by atoms with Gasteiger partial charge in [0.1, 0.15) is 12.1 Å². The van der Waals surface area contributed by atoms with Gasteiger partial charge in [0.2, 0.25) is 0 Å². The SMILES string of the molecule is CCCCCCC(CC)C[N+]1([O-])Cc2c(Br)sc(Br)c2C1=O. The zero-order valence-corrected chi connectivity index (χ0v) is 17.2. The largest absolute Gasteiger partial charge is 0.625 e. The maximum atomic E-state index is 13.1. The lowest BCUT2D eigenvalue weighted by molar-refractivity contribution is -0.811. The summed E-state index contributed by atoms with van der Waals surface area (Å²) in [5.41, 5.74) is 1.49. The van der Waals surface area contributed by atoms with Gasteiger partial charge in [0.05, 0.1) is 19.7 Å². The molecule has 22 heavy (non-hydrogen) atoms. The van der Waals surface area contributed by atoms with E-state index in [2.05, 4.69) is 45.7 Å². The summed E-state index contributed by atoms with van der Waals surface area (Å²) in [5.74, 6) is 0.0689. The third kappa shape index (κ3) is 3.83. The van der Waals surface area contributed by atoms with Crippen molar-refractivity contribution in [1.29, 1.82) is 0 Å². The Kier molecular flexibility index (Phi) is 6.66. The van der Waals surface area contributed by atoms with Crippen LogP contribution >= 0.6 is 43.2 Å². The number of hydrogen-bond acceptors (Lipinski definition) is 3. The van der Waals surface area contributed by atoms with Crippen molar-refractivity contribution in [2.45, 2.75) is 58.9 Å². The molecule has 1 amide bonds. The molecule has 0 saturated carbocycles. The molecule has 0 N–H and O–H groups in total. The van der Waals surface area contributed by atoms with Gasteiger partial charge in [-0.2, -0.15) is 0 Å². The van der Waals surface area contributed by atoms with Crippen LogP contribution in [0.25, 0.3) is 0 Å². The summed E-state index contributed by atoms with van der Waals surface area (Å²) in [6, 6.07) is 0. The van der Waals surface area contributed by atoms with Crippen molar-refractivity contribution in [1.82, 2.24) is 0 Å². The van der Waals surface area contributed by atoms with E-state index >= 15 is 0 Å². The predicted molar refractivity (Wildman–Crippen MR) is 98.8 cm³/mol. The predicted octanol–water partition coefficient (Wildman–Crippen LogP) is 6.24. The van der Waals surface area contributed by atoms with Gasteiger partial charge in [-0.05, 0) is 44.7 Å². The molecule has 1 aromatic rings. The van der Waals surface area contributed by atoms with Gasteiger partial charge in [-0.25, -0.2) is 4.79 Å². The van der Waals surface area contributed by atoms with Crippen molar-refractivity contribution < 1.29 is 9.44 Å². The van der Waals surface area contributed by atoms with E-state index in [1.54, 1.807) is 0 Å². The molecule has 0 saturated heterocycles. The van der Waals surface area contributed by atoms with Crippen molar-refractivity contribution in [3.63, 3.8) is 0 Å². The molecule has 2 atom stereocenters. The van der Waals surface area contributed by atoms with Crippen LogP contribution in [0.5, 0.6) is 0 Å². The lowest BCUT2D eigenvalue weighted by Gasteiger charge is -2.38. The summed E-state index contributed by atoms with van der Waals surface area (Å²) in [6.07, 6.45) is 6.89. The van der Waals surface area contributed by atoms with E-state index in [0.717, 1.165) is 32.4 Å². The van der Waals surface area contributed by atoms with E-state index in [-0.39, 0.29) is 12.5 Å². The van der Waals surface area contributed by atoms with Crippen LogP contribution in [0.1, 0.15) is 68.3 Å². The molecule has 0 radical (unpaired) electrons. The smallest absolute Gasteiger partial charge is 0.348 e. The number of carbonyl (C=O) groups excluding carboxylic acids is 1. The van der Waals surface area contributed by atoms with Gasteiger partial charge in [-0.3, -0.25) is 4.65 Å². The highest BCUT2D eigenvalue weighted by atomic mass is 79.9. The average molecular weight is 453 g/mol. The van der Waals surface area contributed by atoms with Crippen molar-refractivity contribution in [3.05, 3.63) is 23.9 Å². The maximum absolute atomic E-state index is 13.1. The molecule has 0 bridgehead atoms. The fourth-order valence-corrected chi connectivity index (χ4v) is 6.26. The van der Waals surface area contributed by atoms with Gasteiger partial charge in [-0.15, -0.1) is 11.3 Å². The molecule has 0 fully saturated rings. The molecule has 0 aliphatic carbocycles. The van der Waals surface area contributed by atoms with E-state index in [1.807, 2.05) is 0 Å². The van der Waals surface area contributed by atoms with Gasteiger partial charge in [0, 0.05) is 5.92 Å². The number of nitrogens with zero attached hydrogens (tertiary/aromatic N) is 1. The van der Waals surface area contributed by atoms with Crippen LogP contribution in [0.15, 0.2) is 7.57 Å². The van der Waals surface area contributed by atoms with Gasteiger partial charge in [0.25, 0.3) is 0 Å². The monoisotopic (exact) mass is 451 g/mol. The van der Waals surface area contributed by atoms with Crippen molar-refractivity contribution >= 4 is 49.1 Å². The summed E-state index contributed by atoms with van der Waals surface area (Å²) in [7, 11) is 0. The average Bonchev–Trinajstić information content (AvgIpc) is 2.90. The fraction of sp³-hybridized carbons (Fsp3) is 0.688. The Hall–Kier alpha value is 0.250. The maximum Gasteiger partial charge on any atom is 0.348 e. The van der Waals surface area contributed by atoms with Crippen LogP contribution in [-0.4, -0.2) is 17.1 Å². The molecule has 124 valence electrons. The van der Waals surface area contributed by atoms with Crippen molar-refractivity contribution in [2.24, 2.45) is 5.92 Å². The van der Waals surface area contributed by atoms with E-state index in [4.69, 9.17) is 0 Å². The van der Waals surface area contributed by atoms with Crippen LogP contribution in [-0.2, 0) is 6.54 Å². The molecule has 2 heterocycles. The van der Waals surface area contributed by atoms with Gasteiger partial charge >= 0.3 is 5.91 Å². The lowest BCUT2D eigenvalue weighted by Crippen LogP contribution is -2.45. The number of amides is 1. The Morgan fingerprint density at radius 3 is 2.55 bits per heavy atom. The van der Waals surface area contributed by atoms with Gasteiger partial charge < -0.3 is 5.21 Å². The molecular formula is C16H23Br2NO2S. The highest BCUT2D eigenvalue weighted by molar-refractivity contribution is 9.12. The van der Waals surface area contributed by atoms with Crippen LogP contribution in [0.4, 0.5) is 0 Å². The Morgan fingerprint density at radius 2 is 1.95 bits per heavy atom. The van der Waals surface area contributed by atoms with E-state index < -0.39 is 4.65 Å². The van der Waals surface area contributed by atoms with Crippen LogP contribution in [0, 0.1) is 11.1 Å². The lowest BCUT2D eigenvalue weighted by atomic mass is 9.97. The summed E-state index contributed by atoms with van der Waals surface area (Å²) >= 11 is 8.38. The highest BCUT2D eigenvalue weighted by Crippen LogP contribution is 2.45. The summed E-state index contributed by atoms with van der Waals surface area (Å²) in [6.45, 7) is 5.02. The molecular weight excluding hydrogens is 430 g/mol. The number of unbranched alkanes of at least 4 members (excludes halogenated alkanes) is 3. The summed E-state index contributed by atoms with van der Waals surface area (Å²) < 4.78 is 0.989. The number of carbonyl (C=O) groups is 1.